The molecule has 4 rings (SSSR count). The van der Waals surface area contributed by atoms with E-state index in [1.807, 2.05) is 11.4 Å². The van der Waals surface area contributed by atoms with Crippen molar-refractivity contribution in [2.24, 2.45) is 5.73 Å². The van der Waals surface area contributed by atoms with Crippen LogP contribution < -0.4 is 10.6 Å². The predicted molar refractivity (Wildman–Crippen MR) is 95.0 cm³/mol. The van der Waals surface area contributed by atoms with Crippen LogP contribution in [0.3, 0.4) is 0 Å². The molecule has 0 unspecified atom stereocenters. The third-order valence-corrected chi connectivity index (χ3v) is 5.70. The Bertz CT molecular complexity index is 888. The summed E-state index contributed by atoms with van der Waals surface area (Å²) in [5.74, 6) is -0.228. The summed E-state index contributed by atoms with van der Waals surface area (Å²) >= 11 is 1.58. The molecular weight excluding hydrogens is 325 g/mol. The lowest BCUT2D eigenvalue weighted by Gasteiger charge is -2.36. The van der Waals surface area contributed by atoms with Crippen molar-refractivity contribution in [3.05, 3.63) is 35.8 Å². The van der Waals surface area contributed by atoms with E-state index in [1.165, 1.54) is 12.1 Å². The number of aryl methyl sites for hydroxylation is 1. The van der Waals surface area contributed by atoms with E-state index in [-0.39, 0.29) is 11.4 Å². The average molecular weight is 345 g/mol. The molecule has 0 bridgehead atoms. The van der Waals surface area contributed by atoms with Crippen LogP contribution in [0, 0.1) is 12.7 Å². The van der Waals surface area contributed by atoms with E-state index >= 15 is 0 Å². The Kier molecular flexibility index (Phi) is 3.58. The maximum absolute atomic E-state index is 13.4. The van der Waals surface area contributed by atoms with Gasteiger partial charge in [0.2, 0.25) is 10.1 Å². The zero-order valence-corrected chi connectivity index (χ0v) is 14.6. The van der Waals surface area contributed by atoms with Crippen molar-refractivity contribution in [2.75, 3.05) is 18.0 Å². The van der Waals surface area contributed by atoms with Crippen molar-refractivity contribution in [1.82, 2.24) is 14.6 Å². The molecule has 3 aromatic rings. The molecule has 1 aliphatic heterocycles. The van der Waals surface area contributed by atoms with Gasteiger partial charge < -0.3 is 10.6 Å². The molecular formula is C17H20FN5S. The number of piperidine rings is 1. The second-order valence-electron chi connectivity index (χ2n) is 6.82. The topological polar surface area (TPSA) is 59.5 Å². The lowest BCUT2D eigenvalue weighted by molar-refractivity contribution is 0.363. The summed E-state index contributed by atoms with van der Waals surface area (Å²) in [6, 6.07) is 4.80. The van der Waals surface area contributed by atoms with Gasteiger partial charge in [0, 0.05) is 24.2 Å². The maximum atomic E-state index is 13.4. The van der Waals surface area contributed by atoms with E-state index in [0.29, 0.717) is 0 Å². The minimum absolute atomic E-state index is 0.0791. The Morgan fingerprint density at radius 1 is 1.29 bits per heavy atom. The predicted octanol–water partition coefficient (Wildman–Crippen LogP) is 3.22. The molecule has 0 aliphatic carbocycles. The van der Waals surface area contributed by atoms with Gasteiger partial charge in [0.05, 0.1) is 11.9 Å². The van der Waals surface area contributed by atoms with Gasteiger partial charge in [-0.15, -0.1) is 5.10 Å². The Balaban J connectivity index is 1.69. The average Bonchev–Trinajstić information content (AvgIpc) is 3.08. The van der Waals surface area contributed by atoms with Crippen molar-refractivity contribution in [3.63, 3.8) is 0 Å². The van der Waals surface area contributed by atoms with Crippen LogP contribution in [0.5, 0.6) is 0 Å². The minimum atomic E-state index is -0.228. The zero-order chi connectivity index (χ0) is 16.9. The van der Waals surface area contributed by atoms with E-state index in [0.717, 1.165) is 52.8 Å². The number of hydrogen-bond acceptors (Lipinski definition) is 5. The van der Waals surface area contributed by atoms with Crippen LogP contribution in [0.4, 0.5) is 9.52 Å². The van der Waals surface area contributed by atoms with Gasteiger partial charge >= 0.3 is 0 Å². The van der Waals surface area contributed by atoms with Gasteiger partial charge in [-0.25, -0.2) is 13.9 Å². The van der Waals surface area contributed by atoms with Crippen LogP contribution in [-0.4, -0.2) is 33.2 Å². The Hall–Kier alpha value is -1.99. The Labute approximate surface area is 143 Å². The first-order valence-corrected chi connectivity index (χ1v) is 8.89. The number of rotatable bonds is 2. The molecule has 126 valence electrons. The van der Waals surface area contributed by atoms with E-state index in [2.05, 4.69) is 16.8 Å². The highest BCUT2D eigenvalue weighted by Gasteiger charge is 2.28. The van der Waals surface area contributed by atoms with Crippen molar-refractivity contribution in [3.8, 4) is 11.3 Å². The number of anilines is 1. The fourth-order valence-corrected chi connectivity index (χ4v) is 4.05. The molecule has 0 atom stereocenters. The molecule has 5 nitrogen and oxygen atoms in total. The van der Waals surface area contributed by atoms with Crippen LogP contribution in [0.15, 0.2) is 24.4 Å². The van der Waals surface area contributed by atoms with E-state index < -0.39 is 0 Å². The molecule has 3 heterocycles. The van der Waals surface area contributed by atoms with Gasteiger partial charge in [-0.1, -0.05) is 11.3 Å². The van der Waals surface area contributed by atoms with E-state index in [1.54, 1.807) is 23.6 Å². The first-order chi connectivity index (χ1) is 11.4. The summed E-state index contributed by atoms with van der Waals surface area (Å²) in [4.78, 5) is 7.60. The molecule has 1 fully saturated rings. The fraction of sp³-hybridized carbons (Fsp3) is 0.412. The second kappa shape index (κ2) is 5.53. The number of aromatic nitrogens is 3. The lowest BCUT2D eigenvalue weighted by atomic mass is 9.91. The van der Waals surface area contributed by atoms with Crippen LogP contribution in [-0.2, 0) is 0 Å². The summed E-state index contributed by atoms with van der Waals surface area (Å²) in [7, 11) is 0. The number of fused-ring (bicyclic) bond motifs is 1. The Morgan fingerprint density at radius 2 is 2.04 bits per heavy atom. The van der Waals surface area contributed by atoms with Crippen molar-refractivity contribution in [2.45, 2.75) is 32.2 Å². The van der Waals surface area contributed by atoms with Crippen LogP contribution in [0.25, 0.3) is 16.2 Å². The number of benzene rings is 1. The van der Waals surface area contributed by atoms with Crippen LogP contribution in [0.2, 0.25) is 0 Å². The summed E-state index contributed by atoms with van der Waals surface area (Å²) < 4.78 is 15.2. The van der Waals surface area contributed by atoms with Gasteiger partial charge in [0.15, 0.2) is 0 Å². The highest BCUT2D eigenvalue weighted by molar-refractivity contribution is 7.20. The highest BCUT2D eigenvalue weighted by atomic mass is 32.1. The Morgan fingerprint density at radius 3 is 2.75 bits per heavy atom. The summed E-state index contributed by atoms with van der Waals surface area (Å²) in [5, 5.41) is 5.72. The third-order valence-electron chi connectivity index (χ3n) is 4.72. The van der Waals surface area contributed by atoms with Gasteiger partial charge in [-0.3, -0.25) is 0 Å². The number of nitrogens with zero attached hydrogens (tertiary/aromatic N) is 4. The maximum Gasteiger partial charge on any atom is 0.214 e. The van der Waals surface area contributed by atoms with Gasteiger partial charge in [-0.2, -0.15) is 0 Å². The molecule has 0 spiro atoms. The van der Waals surface area contributed by atoms with Crippen LogP contribution >= 0.6 is 11.3 Å². The smallest absolute Gasteiger partial charge is 0.214 e. The summed E-state index contributed by atoms with van der Waals surface area (Å²) in [6.45, 7) is 5.83. The molecule has 1 saturated heterocycles. The monoisotopic (exact) mass is 345 g/mol. The lowest BCUT2D eigenvalue weighted by Crippen LogP contribution is -2.48. The first-order valence-electron chi connectivity index (χ1n) is 8.08. The largest absolute Gasteiger partial charge is 0.347 e. The fourth-order valence-electron chi connectivity index (χ4n) is 3.12. The second-order valence-corrected chi connectivity index (χ2v) is 7.76. The molecule has 7 heteroatoms. The van der Waals surface area contributed by atoms with E-state index in [4.69, 9.17) is 10.8 Å². The van der Waals surface area contributed by atoms with Crippen molar-refractivity contribution in [1.29, 1.82) is 0 Å². The van der Waals surface area contributed by atoms with Crippen LogP contribution in [0.1, 0.15) is 25.3 Å². The molecule has 2 N–H and O–H groups in total. The summed E-state index contributed by atoms with van der Waals surface area (Å²) in [5.41, 5.74) is 8.86. The quantitative estimate of drug-likeness (QED) is 0.775. The van der Waals surface area contributed by atoms with Gasteiger partial charge in [-0.05, 0) is 50.5 Å². The molecule has 1 aromatic carbocycles. The van der Waals surface area contributed by atoms with Crippen molar-refractivity contribution >= 4 is 21.4 Å². The normalized spacial score (nSPS) is 17.6. The standard InChI is InChI=1S/C17H20FN5S/c1-11-9-12(18)3-4-13(11)14-10-20-15-23(14)21-16(24-15)22-7-5-17(2,19)6-8-22/h3-4,9-10H,5-8,19H2,1-2H3. The number of imidazole rings is 1. The summed E-state index contributed by atoms with van der Waals surface area (Å²) in [6.07, 6.45) is 3.72. The molecule has 24 heavy (non-hydrogen) atoms. The third kappa shape index (κ3) is 2.67. The number of nitrogens with two attached hydrogens (primary N) is 1. The van der Waals surface area contributed by atoms with E-state index in [9.17, 15) is 4.39 Å². The molecule has 0 radical (unpaired) electrons. The number of halogens is 1. The molecule has 0 amide bonds. The molecule has 1 aliphatic rings. The zero-order valence-electron chi connectivity index (χ0n) is 13.8. The SMILES string of the molecule is Cc1cc(F)ccc1-c1cnc2sc(N3CCC(C)(N)CC3)nn12. The first kappa shape index (κ1) is 15.5. The molecule has 2 aromatic heterocycles. The molecule has 0 saturated carbocycles. The number of hydrogen-bond donors (Lipinski definition) is 1. The minimum Gasteiger partial charge on any atom is -0.347 e. The van der Waals surface area contributed by atoms with Crippen molar-refractivity contribution < 1.29 is 4.39 Å². The van der Waals surface area contributed by atoms with Gasteiger partial charge in [0.1, 0.15) is 5.82 Å². The highest BCUT2D eigenvalue weighted by Crippen LogP contribution is 2.32. The van der Waals surface area contributed by atoms with Gasteiger partial charge in [0.25, 0.3) is 0 Å².